The summed E-state index contributed by atoms with van der Waals surface area (Å²) < 4.78 is 0. The second-order valence-electron chi connectivity index (χ2n) is 3.60. The zero-order valence-electron chi connectivity index (χ0n) is 8.25. The Hall–Kier alpha value is -1.62. The fourth-order valence-electron chi connectivity index (χ4n) is 1.63. The molecular weight excluding hydrogens is 194 g/mol. The van der Waals surface area contributed by atoms with E-state index >= 15 is 0 Å². The molecule has 15 heavy (non-hydrogen) atoms. The zero-order valence-corrected chi connectivity index (χ0v) is 8.25. The molecule has 2 heterocycles. The van der Waals surface area contributed by atoms with Gasteiger partial charge in [0.1, 0.15) is 0 Å². The summed E-state index contributed by atoms with van der Waals surface area (Å²) in [6.45, 7) is 1.73. The number of carbonyl (C=O) groups excluding carboxylic acids is 1. The maximum Gasteiger partial charge on any atom is 0.251 e. The largest absolute Gasteiger partial charge is 0.348 e. The lowest BCUT2D eigenvalue weighted by molar-refractivity contribution is 0.0940. The molecule has 0 bridgehead atoms. The molecule has 0 aromatic carbocycles. The van der Waals surface area contributed by atoms with Gasteiger partial charge in [0.15, 0.2) is 0 Å². The van der Waals surface area contributed by atoms with Crippen LogP contribution in [0.4, 0.5) is 0 Å². The van der Waals surface area contributed by atoms with Crippen molar-refractivity contribution in [1.82, 2.24) is 15.6 Å². The van der Waals surface area contributed by atoms with Gasteiger partial charge in [-0.1, -0.05) is 0 Å². The fraction of sp³-hybridized carbons (Fsp3) is 0.400. The Labute approximate surface area is 86.9 Å². The van der Waals surface area contributed by atoms with Crippen molar-refractivity contribution < 1.29 is 4.79 Å². The van der Waals surface area contributed by atoms with Gasteiger partial charge in [0.05, 0.1) is 0 Å². The van der Waals surface area contributed by atoms with Gasteiger partial charge in [0.25, 0.3) is 5.91 Å². The Balaban J connectivity index is 2.04. The van der Waals surface area contributed by atoms with Crippen molar-refractivity contribution in [2.24, 2.45) is 0 Å². The molecule has 1 aromatic rings. The van der Waals surface area contributed by atoms with E-state index in [9.17, 15) is 9.59 Å². The number of carbonyl (C=O) groups is 1. The van der Waals surface area contributed by atoms with E-state index in [4.69, 9.17) is 0 Å². The molecule has 0 spiro atoms. The Bertz CT molecular complexity index is 407. The third-order valence-corrected chi connectivity index (χ3v) is 2.43. The van der Waals surface area contributed by atoms with Crippen molar-refractivity contribution >= 4 is 5.91 Å². The van der Waals surface area contributed by atoms with Crippen LogP contribution in [0.15, 0.2) is 23.1 Å². The normalized spacial score (nSPS) is 20.1. The molecule has 1 amide bonds. The van der Waals surface area contributed by atoms with Gasteiger partial charge in [-0.25, -0.2) is 0 Å². The number of nitrogens with one attached hydrogen (secondary N) is 3. The van der Waals surface area contributed by atoms with E-state index in [1.807, 2.05) is 0 Å². The van der Waals surface area contributed by atoms with Gasteiger partial charge in [0.2, 0.25) is 5.56 Å². The standard InChI is InChI=1S/C10H13N3O2/c14-9-5-7(1-4-12-9)10(15)13-8-2-3-11-6-8/h1,4-5,8,11H,2-3,6H2,(H,12,14)(H,13,15). The topological polar surface area (TPSA) is 74.0 Å². The van der Waals surface area contributed by atoms with Gasteiger partial charge in [-0.15, -0.1) is 0 Å². The number of hydrogen-bond donors (Lipinski definition) is 3. The highest BCUT2D eigenvalue weighted by molar-refractivity contribution is 5.94. The maximum absolute atomic E-state index is 11.7. The van der Waals surface area contributed by atoms with Crippen LogP contribution < -0.4 is 16.2 Å². The van der Waals surface area contributed by atoms with Crippen LogP contribution in [0.25, 0.3) is 0 Å². The molecule has 0 saturated carbocycles. The molecule has 1 fully saturated rings. The van der Waals surface area contributed by atoms with E-state index in [1.54, 1.807) is 6.07 Å². The van der Waals surface area contributed by atoms with Crippen LogP contribution in [-0.2, 0) is 0 Å². The van der Waals surface area contributed by atoms with Crippen LogP contribution in [0.5, 0.6) is 0 Å². The van der Waals surface area contributed by atoms with Crippen molar-refractivity contribution in [2.45, 2.75) is 12.5 Å². The predicted octanol–water partition coefficient (Wildman–Crippen LogP) is -0.533. The first-order valence-corrected chi connectivity index (χ1v) is 4.96. The quantitative estimate of drug-likeness (QED) is 0.610. The third-order valence-electron chi connectivity index (χ3n) is 2.43. The third kappa shape index (κ3) is 2.44. The van der Waals surface area contributed by atoms with Gasteiger partial charge in [0, 0.05) is 30.4 Å². The molecule has 0 radical (unpaired) electrons. The summed E-state index contributed by atoms with van der Waals surface area (Å²) in [6.07, 6.45) is 2.42. The van der Waals surface area contributed by atoms with Gasteiger partial charge in [-0.3, -0.25) is 9.59 Å². The van der Waals surface area contributed by atoms with E-state index in [1.165, 1.54) is 12.3 Å². The molecule has 0 aliphatic carbocycles. The minimum atomic E-state index is -0.257. The number of rotatable bonds is 2. The lowest BCUT2D eigenvalue weighted by Crippen LogP contribution is -2.36. The minimum absolute atomic E-state index is 0.178. The predicted molar refractivity (Wildman–Crippen MR) is 55.8 cm³/mol. The summed E-state index contributed by atoms with van der Waals surface area (Å²) in [4.78, 5) is 25.1. The Morgan fingerprint density at radius 1 is 1.53 bits per heavy atom. The highest BCUT2D eigenvalue weighted by Crippen LogP contribution is 2.00. The molecular formula is C10H13N3O2. The number of H-pyrrole nitrogens is 1. The molecule has 5 nitrogen and oxygen atoms in total. The summed E-state index contributed by atoms with van der Waals surface area (Å²) in [5, 5.41) is 6.03. The van der Waals surface area contributed by atoms with Crippen molar-refractivity contribution in [2.75, 3.05) is 13.1 Å². The van der Waals surface area contributed by atoms with Crippen LogP contribution in [-0.4, -0.2) is 30.0 Å². The van der Waals surface area contributed by atoms with E-state index in [0.717, 1.165) is 19.5 Å². The zero-order chi connectivity index (χ0) is 10.7. The van der Waals surface area contributed by atoms with Gasteiger partial charge < -0.3 is 15.6 Å². The van der Waals surface area contributed by atoms with Crippen molar-refractivity contribution in [1.29, 1.82) is 0 Å². The van der Waals surface area contributed by atoms with E-state index in [-0.39, 0.29) is 17.5 Å². The summed E-state index contributed by atoms with van der Waals surface area (Å²) in [6, 6.07) is 3.08. The van der Waals surface area contributed by atoms with E-state index in [2.05, 4.69) is 15.6 Å². The van der Waals surface area contributed by atoms with Gasteiger partial charge in [-0.05, 0) is 19.0 Å². The highest BCUT2D eigenvalue weighted by Gasteiger charge is 2.17. The second-order valence-corrected chi connectivity index (χ2v) is 3.60. The van der Waals surface area contributed by atoms with Gasteiger partial charge >= 0.3 is 0 Å². The van der Waals surface area contributed by atoms with Crippen LogP contribution in [0, 0.1) is 0 Å². The summed E-state index contributed by atoms with van der Waals surface area (Å²) in [5.74, 6) is -0.185. The van der Waals surface area contributed by atoms with Crippen LogP contribution in [0.1, 0.15) is 16.8 Å². The summed E-state index contributed by atoms with van der Waals surface area (Å²) >= 11 is 0. The smallest absolute Gasteiger partial charge is 0.251 e. The fourth-order valence-corrected chi connectivity index (χ4v) is 1.63. The SMILES string of the molecule is O=C(NC1CCNC1)c1cc[nH]c(=O)c1. The van der Waals surface area contributed by atoms with Crippen molar-refractivity contribution in [3.8, 4) is 0 Å². The Morgan fingerprint density at radius 3 is 3.07 bits per heavy atom. The van der Waals surface area contributed by atoms with Crippen LogP contribution >= 0.6 is 0 Å². The Morgan fingerprint density at radius 2 is 2.40 bits per heavy atom. The number of hydrogen-bond acceptors (Lipinski definition) is 3. The average Bonchev–Trinajstić information content (AvgIpc) is 2.70. The molecule has 5 heteroatoms. The highest BCUT2D eigenvalue weighted by atomic mass is 16.2. The lowest BCUT2D eigenvalue weighted by Gasteiger charge is -2.10. The first kappa shape index (κ1) is 9.92. The molecule has 1 aromatic heterocycles. The average molecular weight is 207 g/mol. The molecule has 2 rings (SSSR count). The van der Waals surface area contributed by atoms with E-state index < -0.39 is 0 Å². The molecule has 1 saturated heterocycles. The number of pyridine rings is 1. The van der Waals surface area contributed by atoms with Gasteiger partial charge in [-0.2, -0.15) is 0 Å². The number of aromatic amines is 1. The number of amides is 1. The molecule has 3 N–H and O–H groups in total. The minimum Gasteiger partial charge on any atom is -0.348 e. The monoisotopic (exact) mass is 207 g/mol. The van der Waals surface area contributed by atoms with Crippen molar-refractivity contribution in [3.05, 3.63) is 34.2 Å². The molecule has 80 valence electrons. The molecule has 1 aliphatic rings. The first-order valence-electron chi connectivity index (χ1n) is 4.96. The second kappa shape index (κ2) is 4.27. The molecule has 1 aliphatic heterocycles. The summed E-state index contributed by atoms with van der Waals surface area (Å²) in [7, 11) is 0. The summed E-state index contributed by atoms with van der Waals surface area (Å²) in [5.41, 5.74) is 0.151. The first-order chi connectivity index (χ1) is 7.25. The molecule has 1 unspecified atom stereocenters. The number of aromatic nitrogens is 1. The van der Waals surface area contributed by atoms with Crippen LogP contribution in [0.3, 0.4) is 0 Å². The van der Waals surface area contributed by atoms with E-state index in [0.29, 0.717) is 5.56 Å². The lowest BCUT2D eigenvalue weighted by atomic mass is 10.2. The maximum atomic E-state index is 11.7. The molecule has 1 atom stereocenters. The van der Waals surface area contributed by atoms with Crippen LogP contribution in [0.2, 0.25) is 0 Å². The van der Waals surface area contributed by atoms with Crippen molar-refractivity contribution in [3.63, 3.8) is 0 Å². The Kier molecular flexibility index (Phi) is 2.82.